The Kier molecular flexibility index (Phi) is 4.30. The van der Waals surface area contributed by atoms with Crippen molar-refractivity contribution in [2.24, 2.45) is 0 Å². The van der Waals surface area contributed by atoms with E-state index in [1.165, 1.54) is 0 Å². The van der Waals surface area contributed by atoms with Crippen LogP contribution in [0.15, 0.2) is 83.3 Å². The molecule has 132 valence electrons. The van der Waals surface area contributed by atoms with Crippen molar-refractivity contribution in [2.75, 3.05) is 5.32 Å². The molecule has 4 heteroatoms. The number of aryl methyl sites for hydroxylation is 1. The highest BCUT2D eigenvalue weighted by atomic mass is 16.3. The fourth-order valence-corrected chi connectivity index (χ4v) is 3.03. The summed E-state index contributed by atoms with van der Waals surface area (Å²) < 4.78 is 5.80. The van der Waals surface area contributed by atoms with Gasteiger partial charge in [-0.3, -0.25) is 9.59 Å². The topological polar surface area (TPSA) is 59.3 Å². The van der Waals surface area contributed by atoms with Crippen LogP contribution in [0.1, 0.15) is 32.0 Å². The fraction of sp³-hybridized carbons (Fsp3) is 0.0435. The van der Waals surface area contributed by atoms with Gasteiger partial charge in [-0.05, 0) is 37.3 Å². The number of carbonyl (C=O) groups is 2. The third-order valence-corrected chi connectivity index (χ3v) is 4.47. The largest absolute Gasteiger partial charge is 0.452 e. The standard InChI is InChI=1S/C23H17NO3/c1-15-19-14-18(24-23(26)17-10-6-3-7-11-17)12-13-20(19)27-22(15)21(25)16-8-4-2-5-9-16/h2-14H,1H3,(H,24,26). The first-order valence-electron chi connectivity index (χ1n) is 8.63. The SMILES string of the molecule is Cc1c(C(=O)c2ccccc2)oc2ccc(NC(=O)c3ccccc3)cc12. The molecular formula is C23H17NO3. The quantitative estimate of drug-likeness (QED) is 0.510. The van der Waals surface area contributed by atoms with Crippen LogP contribution in [0.2, 0.25) is 0 Å². The number of amides is 1. The van der Waals surface area contributed by atoms with E-state index in [-0.39, 0.29) is 11.7 Å². The number of rotatable bonds is 4. The van der Waals surface area contributed by atoms with E-state index < -0.39 is 0 Å². The van der Waals surface area contributed by atoms with Crippen molar-refractivity contribution in [3.05, 3.63) is 101 Å². The molecule has 0 radical (unpaired) electrons. The number of ketones is 1. The lowest BCUT2D eigenvalue weighted by atomic mass is 10.0. The van der Waals surface area contributed by atoms with Gasteiger partial charge >= 0.3 is 0 Å². The molecule has 0 spiro atoms. The van der Waals surface area contributed by atoms with Gasteiger partial charge in [0.1, 0.15) is 5.58 Å². The second-order valence-electron chi connectivity index (χ2n) is 6.28. The van der Waals surface area contributed by atoms with Gasteiger partial charge in [-0.15, -0.1) is 0 Å². The Morgan fingerprint density at radius 2 is 1.44 bits per heavy atom. The van der Waals surface area contributed by atoms with Gasteiger partial charge in [-0.2, -0.15) is 0 Å². The second-order valence-corrected chi connectivity index (χ2v) is 6.28. The Morgan fingerprint density at radius 3 is 2.11 bits per heavy atom. The van der Waals surface area contributed by atoms with Crippen LogP contribution in [0.5, 0.6) is 0 Å². The van der Waals surface area contributed by atoms with Gasteiger partial charge in [0.25, 0.3) is 5.91 Å². The number of carbonyl (C=O) groups excluding carboxylic acids is 2. The Hall–Kier alpha value is -3.66. The fourth-order valence-electron chi connectivity index (χ4n) is 3.03. The number of fused-ring (bicyclic) bond motifs is 1. The number of benzene rings is 3. The Balaban J connectivity index is 1.66. The van der Waals surface area contributed by atoms with Crippen molar-refractivity contribution in [1.29, 1.82) is 0 Å². The van der Waals surface area contributed by atoms with Crippen molar-refractivity contribution >= 4 is 28.3 Å². The minimum absolute atomic E-state index is 0.154. The van der Waals surface area contributed by atoms with E-state index in [9.17, 15) is 9.59 Å². The monoisotopic (exact) mass is 355 g/mol. The molecule has 1 heterocycles. The highest BCUT2D eigenvalue weighted by Crippen LogP contribution is 2.29. The van der Waals surface area contributed by atoms with E-state index in [4.69, 9.17) is 4.42 Å². The molecule has 0 bridgehead atoms. The molecule has 27 heavy (non-hydrogen) atoms. The lowest BCUT2D eigenvalue weighted by molar-refractivity contribution is 0.101. The summed E-state index contributed by atoms with van der Waals surface area (Å²) in [7, 11) is 0. The van der Waals surface area contributed by atoms with E-state index in [1.807, 2.05) is 49.4 Å². The van der Waals surface area contributed by atoms with Crippen LogP contribution in [0, 0.1) is 6.92 Å². The molecule has 4 rings (SSSR count). The zero-order valence-corrected chi connectivity index (χ0v) is 14.7. The maximum Gasteiger partial charge on any atom is 0.255 e. The van der Waals surface area contributed by atoms with E-state index >= 15 is 0 Å². The van der Waals surface area contributed by atoms with E-state index in [1.54, 1.807) is 36.4 Å². The normalized spacial score (nSPS) is 10.7. The third-order valence-electron chi connectivity index (χ3n) is 4.47. The van der Waals surface area contributed by atoms with Crippen molar-refractivity contribution in [1.82, 2.24) is 0 Å². The summed E-state index contributed by atoms with van der Waals surface area (Å²) in [6.45, 7) is 1.85. The first kappa shape index (κ1) is 16.8. The van der Waals surface area contributed by atoms with Gasteiger partial charge in [-0.1, -0.05) is 48.5 Å². The molecule has 0 aliphatic carbocycles. The van der Waals surface area contributed by atoms with Crippen LogP contribution >= 0.6 is 0 Å². The molecule has 1 N–H and O–H groups in total. The molecule has 0 aliphatic rings. The van der Waals surface area contributed by atoms with E-state index in [2.05, 4.69) is 5.32 Å². The first-order valence-corrected chi connectivity index (χ1v) is 8.63. The van der Waals surface area contributed by atoms with Crippen LogP contribution in [0.25, 0.3) is 11.0 Å². The maximum absolute atomic E-state index is 12.7. The average molecular weight is 355 g/mol. The Labute approximate surface area is 156 Å². The molecule has 0 aliphatic heterocycles. The van der Waals surface area contributed by atoms with Crippen molar-refractivity contribution in [3.8, 4) is 0 Å². The molecule has 0 atom stereocenters. The van der Waals surface area contributed by atoms with Crippen molar-refractivity contribution in [2.45, 2.75) is 6.92 Å². The van der Waals surface area contributed by atoms with Gasteiger partial charge in [0.05, 0.1) is 0 Å². The summed E-state index contributed by atoms with van der Waals surface area (Å²) in [5.74, 6) is -0.0152. The van der Waals surface area contributed by atoms with Crippen LogP contribution in [-0.2, 0) is 0 Å². The highest BCUT2D eigenvalue weighted by molar-refractivity contribution is 6.11. The highest BCUT2D eigenvalue weighted by Gasteiger charge is 2.19. The summed E-state index contributed by atoms with van der Waals surface area (Å²) in [5, 5.41) is 3.69. The van der Waals surface area contributed by atoms with Crippen LogP contribution in [0.4, 0.5) is 5.69 Å². The molecule has 1 aromatic heterocycles. The summed E-state index contributed by atoms with van der Waals surface area (Å²) in [6.07, 6.45) is 0. The molecule has 4 aromatic rings. The van der Waals surface area contributed by atoms with Gasteiger partial charge in [0, 0.05) is 27.8 Å². The zero-order chi connectivity index (χ0) is 18.8. The van der Waals surface area contributed by atoms with Gasteiger partial charge in [-0.25, -0.2) is 0 Å². The molecule has 0 unspecified atom stereocenters. The van der Waals surface area contributed by atoms with Gasteiger partial charge in [0.15, 0.2) is 5.76 Å². The van der Waals surface area contributed by atoms with E-state index in [0.717, 1.165) is 10.9 Å². The van der Waals surface area contributed by atoms with Crippen LogP contribution in [-0.4, -0.2) is 11.7 Å². The minimum atomic E-state index is -0.184. The molecule has 0 saturated carbocycles. The summed E-state index contributed by atoms with van der Waals surface area (Å²) in [4.78, 5) is 25.1. The number of hydrogen-bond acceptors (Lipinski definition) is 3. The second kappa shape index (κ2) is 6.92. The summed E-state index contributed by atoms with van der Waals surface area (Å²) in [6, 6.07) is 23.4. The minimum Gasteiger partial charge on any atom is -0.452 e. The first-order chi connectivity index (χ1) is 13.1. The predicted octanol–water partition coefficient (Wildman–Crippen LogP) is 5.22. The number of hydrogen-bond donors (Lipinski definition) is 1. The number of furan rings is 1. The maximum atomic E-state index is 12.7. The molecule has 3 aromatic carbocycles. The Morgan fingerprint density at radius 1 is 0.815 bits per heavy atom. The molecule has 0 saturated heterocycles. The summed E-state index contributed by atoms with van der Waals surface area (Å²) in [5.41, 5.74) is 3.19. The van der Waals surface area contributed by atoms with Gasteiger partial charge < -0.3 is 9.73 Å². The molecule has 4 nitrogen and oxygen atoms in total. The average Bonchev–Trinajstić information content (AvgIpc) is 3.05. The van der Waals surface area contributed by atoms with Gasteiger partial charge in [0.2, 0.25) is 5.78 Å². The Bertz CT molecular complexity index is 1130. The van der Waals surface area contributed by atoms with Crippen LogP contribution < -0.4 is 5.32 Å². The zero-order valence-electron chi connectivity index (χ0n) is 14.7. The number of anilines is 1. The lowest BCUT2D eigenvalue weighted by Crippen LogP contribution is -2.11. The smallest absolute Gasteiger partial charge is 0.255 e. The van der Waals surface area contributed by atoms with Crippen molar-refractivity contribution < 1.29 is 14.0 Å². The molecule has 0 fully saturated rings. The lowest BCUT2D eigenvalue weighted by Gasteiger charge is -2.05. The third kappa shape index (κ3) is 3.25. The number of nitrogens with one attached hydrogen (secondary N) is 1. The summed E-state index contributed by atoms with van der Waals surface area (Å²) >= 11 is 0. The van der Waals surface area contributed by atoms with Crippen LogP contribution in [0.3, 0.4) is 0 Å². The predicted molar refractivity (Wildman–Crippen MR) is 105 cm³/mol. The molecule has 1 amide bonds. The van der Waals surface area contributed by atoms with E-state index in [0.29, 0.717) is 28.2 Å². The molecular weight excluding hydrogens is 338 g/mol. The van der Waals surface area contributed by atoms with Crippen molar-refractivity contribution in [3.63, 3.8) is 0 Å².